The van der Waals surface area contributed by atoms with Crippen LogP contribution in [0.2, 0.25) is 10.0 Å². The van der Waals surface area contributed by atoms with Crippen molar-refractivity contribution in [3.05, 3.63) is 27.7 Å². The Balaban J connectivity index is 2.39. The molecule has 1 aliphatic heterocycles. The van der Waals surface area contributed by atoms with E-state index in [1.54, 1.807) is 13.2 Å². The molecule has 1 fully saturated rings. The largest absolute Gasteiger partial charge is 0.495 e. The van der Waals surface area contributed by atoms with E-state index >= 15 is 0 Å². The molecule has 1 saturated heterocycles. The van der Waals surface area contributed by atoms with E-state index in [1.807, 2.05) is 6.07 Å². The highest BCUT2D eigenvalue weighted by atomic mass is 35.5. The van der Waals surface area contributed by atoms with Crippen LogP contribution in [0.1, 0.15) is 30.9 Å². The molecular formula is C14H20Cl2N2O. The fraction of sp³-hybridized carbons (Fsp3) is 0.571. The summed E-state index contributed by atoms with van der Waals surface area (Å²) in [7, 11) is 1.64. The molecule has 5 heteroatoms. The van der Waals surface area contributed by atoms with Crippen LogP contribution in [-0.4, -0.2) is 31.6 Å². The first kappa shape index (κ1) is 14.9. The highest BCUT2D eigenvalue weighted by Crippen LogP contribution is 2.40. The highest BCUT2D eigenvalue weighted by Gasteiger charge is 2.26. The van der Waals surface area contributed by atoms with E-state index in [-0.39, 0.29) is 6.04 Å². The van der Waals surface area contributed by atoms with Crippen LogP contribution in [0.3, 0.4) is 0 Å². The quantitative estimate of drug-likeness (QED) is 0.905. The lowest BCUT2D eigenvalue weighted by Crippen LogP contribution is -2.28. The molecule has 1 unspecified atom stereocenters. The molecule has 0 amide bonds. The van der Waals surface area contributed by atoms with Crippen LogP contribution < -0.4 is 10.5 Å². The SMILES string of the molecule is COc1c(Cl)cc(Cl)cc1C(CCN)N1CCCC1. The topological polar surface area (TPSA) is 38.5 Å². The van der Waals surface area contributed by atoms with Gasteiger partial charge in [-0.2, -0.15) is 0 Å². The van der Waals surface area contributed by atoms with Gasteiger partial charge in [-0.3, -0.25) is 4.90 Å². The third kappa shape index (κ3) is 3.34. The van der Waals surface area contributed by atoms with Crippen molar-refractivity contribution in [3.8, 4) is 5.75 Å². The summed E-state index contributed by atoms with van der Waals surface area (Å²) in [6.45, 7) is 2.82. The van der Waals surface area contributed by atoms with Gasteiger partial charge in [0.1, 0.15) is 5.75 Å². The zero-order valence-corrected chi connectivity index (χ0v) is 12.7. The summed E-state index contributed by atoms with van der Waals surface area (Å²) in [5, 5.41) is 1.20. The Bertz CT molecular complexity index is 434. The molecule has 3 nitrogen and oxygen atoms in total. The van der Waals surface area contributed by atoms with Gasteiger partial charge >= 0.3 is 0 Å². The number of rotatable bonds is 5. The average Bonchev–Trinajstić information content (AvgIpc) is 2.88. The molecule has 19 heavy (non-hydrogen) atoms. The maximum absolute atomic E-state index is 6.23. The van der Waals surface area contributed by atoms with Crippen LogP contribution in [0.25, 0.3) is 0 Å². The van der Waals surface area contributed by atoms with Crippen LogP contribution in [0.15, 0.2) is 12.1 Å². The molecule has 1 heterocycles. The van der Waals surface area contributed by atoms with Gasteiger partial charge in [0.25, 0.3) is 0 Å². The van der Waals surface area contributed by atoms with Crippen LogP contribution in [-0.2, 0) is 0 Å². The van der Waals surface area contributed by atoms with Gasteiger partial charge in [0.15, 0.2) is 0 Å². The molecule has 0 aromatic heterocycles. The van der Waals surface area contributed by atoms with Crippen molar-refractivity contribution in [1.82, 2.24) is 4.90 Å². The van der Waals surface area contributed by atoms with E-state index in [0.29, 0.717) is 16.6 Å². The molecule has 1 aromatic carbocycles. The number of ether oxygens (including phenoxy) is 1. The Hall–Kier alpha value is -0.480. The lowest BCUT2D eigenvalue weighted by Gasteiger charge is -2.29. The summed E-state index contributed by atoms with van der Waals surface area (Å²) < 4.78 is 5.46. The smallest absolute Gasteiger partial charge is 0.142 e. The van der Waals surface area contributed by atoms with E-state index in [0.717, 1.165) is 30.8 Å². The summed E-state index contributed by atoms with van der Waals surface area (Å²) in [5.74, 6) is 0.719. The molecule has 1 atom stereocenters. The number of nitrogens with zero attached hydrogens (tertiary/aromatic N) is 1. The van der Waals surface area contributed by atoms with Crippen molar-refractivity contribution < 1.29 is 4.74 Å². The third-order valence-electron chi connectivity index (χ3n) is 3.62. The fourth-order valence-corrected chi connectivity index (χ4v) is 3.38. The third-order valence-corrected chi connectivity index (χ3v) is 4.12. The molecular weight excluding hydrogens is 283 g/mol. The minimum Gasteiger partial charge on any atom is -0.495 e. The Morgan fingerprint density at radius 3 is 2.58 bits per heavy atom. The molecule has 0 spiro atoms. The summed E-state index contributed by atoms with van der Waals surface area (Å²) in [5.41, 5.74) is 6.82. The van der Waals surface area contributed by atoms with Crippen LogP contribution in [0.4, 0.5) is 0 Å². The highest BCUT2D eigenvalue weighted by molar-refractivity contribution is 6.35. The van der Waals surface area contributed by atoms with Crippen LogP contribution in [0.5, 0.6) is 5.75 Å². The van der Waals surface area contributed by atoms with Gasteiger partial charge in [-0.25, -0.2) is 0 Å². The van der Waals surface area contributed by atoms with Gasteiger partial charge in [0.05, 0.1) is 12.1 Å². The minimum absolute atomic E-state index is 0.235. The average molecular weight is 303 g/mol. The van der Waals surface area contributed by atoms with E-state index < -0.39 is 0 Å². The Morgan fingerprint density at radius 2 is 2.00 bits per heavy atom. The molecule has 2 rings (SSSR count). The summed E-state index contributed by atoms with van der Waals surface area (Å²) in [6, 6.07) is 3.90. The number of halogens is 2. The normalized spacial score (nSPS) is 17.7. The van der Waals surface area contributed by atoms with Crippen LogP contribution in [0, 0.1) is 0 Å². The molecule has 0 saturated carbocycles. The van der Waals surface area contributed by atoms with E-state index in [2.05, 4.69) is 4.90 Å². The first-order valence-corrected chi connectivity index (χ1v) is 7.40. The minimum atomic E-state index is 0.235. The molecule has 2 N–H and O–H groups in total. The number of nitrogens with two attached hydrogens (primary N) is 1. The van der Waals surface area contributed by atoms with Gasteiger partial charge in [-0.1, -0.05) is 23.2 Å². The van der Waals surface area contributed by atoms with Crippen molar-refractivity contribution in [2.24, 2.45) is 5.73 Å². The Morgan fingerprint density at radius 1 is 1.32 bits per heavy atom. The second-order valence-electron chi connectivity index (χ2n) is 4.85. The summed E-state index contributed by atoms with van der Waals surface area (Å²) in [6.07, 6.45) is 3.35. The zero-order valence-electron chi connectivity index (χ0n) is 11.2. The van der Waals surface area contributed by atoms with E-state index in [1.165, 1.54) is 12.8 Å². The summed E-state index contributed by atoms with van der Waals surface area (Å²) in [4.78, 5) is 2.44. The Kier molecular flexibility index (Phi) is 5.34. The standard InChI is InChI=1S/C14H20Cl2N2O/c1-19-14-11(8-10(15)9-12(14)16)13(4-5-17)18-6-2-3-7-18/h8-9,13H,2-7,17H2,1H3. The maximum Gasteiger partial charge on any atom is 0.142 e. The van der Waals surface area contributed by atoms with Gasteiger partial charge in [0, 0.05) is 16.6 Å². The summed E-state index contributed by atoms with van der Waals surface area (Å²) >= 11 is 12.4. The van der Waals surface area contributed by atoms with Gasteiger partial charge in [-0.15, -0.1) is 0 Å². The van der Waals surface area contributed by atoms with E-state index in [4.69, 9.17) is 33.7 Å². The number of benzene rings is 1. The van der Waals surface area contributed by atoms with Crippen LogP contribution >= 0.6 is 23.2 Å². The fourth-order valence-electron chi connectivity index (χ4n) is 2.79. The molecule has 1 aliphatic rings. The molecule has 0 bridgehead atoms. The maximum atomic E-state index is 6.23. The van der Waals surface area contributed by atoms with Crippen molar-refractivity contribution in [2.75, 3.05) is 26.7 Å². The lowest BCUT2D eigenvalue weighted by molar-refractivity contribution is 0.230. The molecule has 0 radical (unpaired) electrons. The predicted octanol–water partition coefficient (Wildman–Crippen LogP) is 3.49. The Labute approximate surface area is 124 Å². The zero-order chi connectivity index (χ0) is 13.8. The van der Waals surface area contributed by atoms with Crippen molar-refractivity contribution in [1.29, 1.82) is 0 Å². The molecule has 106 valence electrons. The number of hydrogen-bond donors (Lipinski definition) is 1. The van der Waals surface area contributed by atoms with Gasteiger partial charge in [-0.05, 0) is 51.0 Å². The lowest BCUT2D eigenvalue weighted by atomic mass is 10.0. The van der Waals surface area contributed by atoms with Crippen molar-refractivity contribution in [2.45, 2.75) is 25.3 Å². The number of likely N-dealkylation sites (tertiary alicyclic amines) is 1. The van der Waals surface area contributed by atoms with Gasteiger partial charge in [0.2, 0.25) is 0 Å². The number of hydrogen-bond acceptors (Lipinski definition) is 3. The van der Waals surface area contributed by atoms with Crippen molar-refractivity contribution >= 4 is 23.2 Å². The monoisotopic (exact) mass is 302 g/mol. The predicted molar refractivity (Wildman–Crippen MR) is 80.2 cm³/mol. The first-order chi connectivity index (χ1) is 9.17. The molecule has 1 aromatic rings. The number of methoxy groups -OCH3 is 1. The van der Waals surface area contributed by atoms with Gasteiger partial charge < -0.3 is 10.5 Å². The first-order valence-electron chi connectivity index (χ1n) is 6.64. The second kappa shape index (κ2) is 6.80. The van der Waals surface area contributed by atoms with Crippen molar-refractivity contribution in [3.63, 3.8) is 0 Å². The molecule has 0 aliphatic carbocycles. The second-order valence-corrected chi connectivity index (χ2v) is 5.69. The van der Waals surface area contributed by atoms with E-state index in [9.17, 15) is 0 Å².